The van der Waals surface area contributed by atoms with Crippen LogP contribution in [0, 0.1) is 5.92 Å². The highest BCUT2D eigenvalue weighted by Crippen LogP contribution is 2.28. The fourth-order valence-electron chi connectivity index (χ4n) is 3.26. The van der Waals surface area contributed by atoms with Crippen LogP contribution >= 0.6 is 11.6 Å². The fraction of sp³-hybridized carbons (Fsp3) is 0.350. The molecule has 1 N–H and O–H groups in total. The molecule has 3 nitrogen and oxygen atoms in total. The molecular weight excluding hydrogens is 322 g/mol. The number of likely N-dealkylation sites (tertiary alicyclic amines) is 1. The number of hydrogen-bond donors (Lipinski definition) is 1. The largest absolute Gasteiger partial charge is 0.393 e. The van der Waals surface area contributed by atoms with E-state index in [-0.39, 0.29) is 11.8 Å². The molecule has 0 aliphatic carbocycles. The van der Waals surface area contributed by atoms with Gasteiger partial charge in [-0.25, -0.2) is 0 Å². The van der Waals surface area contributed by atoms with Gasteiger partial charge in [0.1, 0.15) is 0 Å². The SMILES string of the molecule is CC(O)C1CCCN(C(=O)c2cc(-c3ccccc3)ccc2Cl)C1. The minimum atomic E-state index is -0.397. The van der Waals surface area contributed by atoms with Crippen molar-refractivity contribution in [3.8, 4) is 11.1 Å². The highest BCUT2D eigenvalue weighted by molar-refractivity contribution is 6.34. The lowest BCUT2D eigenvalue weighted by molar-refractivity contribution is 0.0466. The van der Waals surface area contributed by atoms with E-state index in [1.54, 1.807) is 13.0 Å². The maximum Gasteiger partial charge on any atom is 0.255 e. The molecule has 126 valence electrons. The Hall–Kier alpha value is -1.84. The number of carbonyl (C=O) groups excluding carboxylic acids is 1. The van der Waals surface area contributed by atoms with Crippen molar-refractivity contribution in [3.63, 3.8) is 0 Å². The van der Waals surface area contributed by atoms with Gasteiger partial charge in [0.15, 0.2) is 0 Å². The van der Waals surface area contributed by atoms with E-state index in [1.807, 2.05) is 47.4 Å². The van der Waals surface area contributed by atoms with Crippen LogP contribution in [0.15, 0.2) is 48.5 Å². The minimum Gasteiger partial charge on any atom is -0.393 e. The normalized spacial score (nSPS) is 19.1. The van der Waals surface area contributed by atoms with Crippen LogP contribution in [-0.2, 0) is 0 Å². The molecule has 2 unspecified atom stereocenters. The maximum absolute atomic E-state index is 12.9. The Morgan fingerprint density at radius 1 is 1.21 bits per heavy atom. The summed E-state index contributed by atoms with van der Waals surface area (Å²) in [6.07, 6.45) is 1.48. The number of amides is 1. The van der Waals surface area contributed by atoms with Crippen LogP contribution in [0.25, 0.3) is 11.1 Å². The van der Waals surface area contributed by atoms with E-state index in [1.165, 1.54) is 0 Å². The second-order valence-corrected chi connectivity index (χ2v) is 6.86. The molecule has 1 fully saturated rings. The lowest BCUT2D eigenvalue weighted by Gasteiger charge is -2.34. The first-order valence-corrected chi connectivity index (χ1v) is 8.76. The zero-order chi connectivity index (χ0) is 17.1. The zero-order valence-electron chi connectivity index (χ0n) is 13.8. The van der Waals surface area contributed by atoms with E-state index in [9.17, 15) is 9.90 Å². The molecule has 0 aromatic heterocycles. The van der Waals surface area contributed by atoms with E-state index in [0.717, 1.165) is 24.0 Å². The molecule has 0 spiro atoms. The molecule has 0 bridgehead atoms. The van der Waals surface area contributed by atoms with E-state index in [2.05, 4.69) is 0 Å². The van der Waals surface area contributed by atoms with Crippen molar-refractivity contribution >= 4 is 17.5 Å². The summed E-state index contributed by atoms with van der Waals surface area (Å²) < 4.78 is 0. The van der Waals surface area contributed by atoms with Gasteiger partial charge in [0.25, 0.3) is 5.91 Å². The number of carbonyl (C=O) groups is 1. The Balaban J connectivity index is 1.87. The van der Waals surface area contributed by atoms with Gasteiger partial charge in [-0.05, 0) is 43.0 Å². The molecule has 1 saturated heterocycles. The van der Waals surface area contributed by atoms with Crippen molar-refractivity contribution in [2.45, 2.75) is 25.9 Å². The quantitative estimate of drug-likeness (QED) is 0.905. The van der Waals surface area contributed by atoms with Gasteiger partial charge >= 0.3 is 0 Å². The van der Waals surface area contributed by atoms with Gasteiger partial charge in [-0.1, -0.05) is 48.0 Å². The summed E-state index contributed by atoms with van der Waals surface area (Å²) in [5.74, 6) is 0.0851. The average molecular weight is 344 g/mol. The standard InChI is InChI=1S/C20H22ClNO2/c1-14(23)17-8-5-11-22(13-17)20(24)18-12-16(9-10-19(18)21)15-6-3-2-4-7-15/h2-4,6-7,9-10,12,14,17,23H,5,8,11,13H2,1H3. The molecule has 0 saturated carbocycles. The third-order valence-electron chi connectivity index (χ3n) is 4.73. The molecule has 1 heterocycles. The van der Waals surface area contributed by atoms with Crippen molar-refractivity contribution in [1.29, 1.82) is 0 Å². The number of benzene rings is 2. The molecule has 2 aromatic carbocycles. The van der Waals surface area contributed by atoms with Gasteiger partial charge in [-0.2, -0.15) is 0 Å². The summed E-state index contributed by atoms with van der Waals surface area (Å²) in [6, 6.07) is 15.5. The van der Waals surface area contributed by atoms with Gasteiger partial charge in [0, 0.05) is 19.0 Å². The first-order chi connectivity index (χ1) is 11.6. The van der Waals surface area contributed by atoms with Gasteiger partial charge in [0.2, 0.25) is 0 Å². The van der Waals surface area contributed by atoms with Gasteiger partial charge in [-0.3, -0.25) is 4.79 Å². The smallest absolute Gasteiger partial charge is 0.255 e. The summed E-state index contributed by atoms with van der Waals surface area (Å²) in [4.78, 5) is 14.7. The summed E-state index contributed by atoms with van der Waals surface area (Å²) in [5.41, 5.74) is 2.57. The van der Waals surface area contributed by atoms with Crippen LogP contribution in [0.5, 0.6) is 0 Å². The van der Waals surface area contributed by atoms with E-state index < -0.39 is 6.10 Å². The van der Waals surface area contributed by atoms with Gasteiger partial charge in [0.05, 0.1) is 16.7 Å². The topological polar surface area (TPSA) is 40.5 Å². The van der Waals surface area contributed by atoms with Crippen LogP contribution in [0.2, 0.25) is 5.02 Å². The molecule has 2 aromatic rings. The van der Waals surface area contributed by atoms with Crippen LogP contribution in [0.4, 0.5) is 0 Å². The van der Waals surface area contributed by atoms with Crippen LogP contribution in [0.1, 0.15) is 30.1 Å². The highest BCUT2D eigenvalue weighted by atomic mass is 35.5. The first kappa shape index (κ1) is 17.0. The summed E-state index contributed by atoms with van der Waals surface area (Å²) in [5, 5.41) is 10.3. The van der Waals surface area contributed by atoms with Crippen molar-refractivity contribution in [1.82, 2.24) is 4.90 Å². The molecule has 1 aliphatic rings. The van der Waals surface area contributed by atoms with Crippen LogP contribution < -0.4 is 0 Å². The predicted molar refractivity (Wildman–Crippen MR) is 97.2 cm³/mol. The Kier molecular flexibility index (Phi) is 5.22. The van der Waals surface area contributed by atoms with E-state index >= 15 is 0 Å². The van der Waals surface area contributed by atoms with Crippen LogP contribution in [-0.4, -0.2) is 35.1 Å². The first-order valence-electron chi connectivity index (χ1n) is 8.38. The average Bonchev–Trinajstić information content (AvgIpc) is 2.62. The Morgan fingerprint density at radius 2 is 1.96 bits per heavy atom. The number of aliphatic hydroxyl groups is 1. The van der Waals surface area contributed by atoms with Crippen LogP contribution in [0.3, 0.4) is 0 Å². The minimum absolute atomic E-state index is 0.0527. The molecule has 0 radical (unpaired) electrons. The molecule has 2 atom stereocenters. The number of aliphatic hydroxyl groups excluding tert-OH is 1. The monoisotopic (exact) mass is 343 g/mol. The molecule has 3 rings (SSSR count). The van der Waals surface area contributed by atoms with Gasteiger partial charge < -0.3 is 10.0 Å². The summed E-state index contributed by atoms with van der Waals surface area (Å²) in [7, 11) is 0. The second-order valence-electron chi connectivity index (χ2n) is 6.45. The Labute approximate surface area is 147 Å². The fourth-order valence-corrected chi connectivity index (χ4v) is 3.46. The Bertz CT molecular complexity index is 715. The van der Waals surface area contributed by atoms with E-state index in [4.69, 9.17) is 11.6 Å². The molecular formula is C20H22ClNO2. The highest BCUT2D eigenvalue weighted by Gasteiger charge is 2.28. The number of nitrogens with zero attached hydrogens (tertiary/aromatic N) is 1. The second kappa shape index (κ2) is 7.37. The zero-order valence-corrected chi connectivity index (χ0v) is 14.5. The summed E-state index contributed by atoms with van der Waals surface area (Å²) in [6.45, 7) is 3.10. The number of halogens is 1. The number of rotatable bonds is 3. The van der Waals surface area contributed by atoms with Crippen molar-refractivity contribution < 1.29 is 9.90 Å². The predicted octanol–water partition coefficient (Wildman–Crippen LogP) is 4.24. The van der Waals surface area contributed by atoms with Gasteiger partial charge in [-0.15, -0.1) is 0 Å². The van der Waals surface area contributed by atoms with Crippen molar-refractivity contribution in [2.75, 3.05) is 13.1 Å². The summed E-state index contributed by atoms with van der Waals surface area (Å²) >= 11 is 6.30. The lowest BCUT2D eigenvalue weighted by Crippen LogP contribution is -2.43. The number of piperidine rings is 1. The van der Waals surface area contributed by atoms with Crippen molar-refractivity contribution in [3.05, 3.63) is 59.1 Å². The molecule has 1 aliphatic heterocycles. The Morgan fingerprint density at radius 3 is 2.67 bits per heavy atom. The third kappa shape index (κ3) is 3.63. The molecule has 24 heavy (non-hydrogen) atoms. The third-order valence-corrected chi connectivity index (χ3v) is 5.06. The van der Waals surface area contributed by atoms with Crippen molar-refractivity contribution in [2.24, 2.45) is 5.92 Å². The van der Waals surface area contributed by atoms with E-state index in [0.29, 0.717) is 23.7 Å². The number of hydrogen-bond acceptors (Lipinski definition) is 2. The molecule has 1 amide bonds. The maximum atomic E-state index is 12.9. The lowest BCUT2D eigenvalue weighted by atomic mass is 9.93. The molecule has 4 heteroatoms.